The molecule has 1 fully saturated rings. The average molecular weight is 263 g/mol. The van der Waals surface area contributed by atoms with Crippen LogP contribution in [0.3, 0.4) is 0 Å². The molecule has 102 valence electrons. The molecule has 1 aliphatic heterocycles. The van der Waals surface area contributed by atoms with Crippen LogP contribution in [0.15, 0.2) is 24.3 Å². The van der Waals surface area contributed by atoms with E-state index >= 15 is 0 Å². The lowest BCUT2D eigenvalue weighted by Gasteiger charge is -2.30. The van der Waals surface area contributed by atoms with Gasteiger partial charge in [0, 0.05) is 24.3 Å². The monoisotopic (exact) mass is 263 g/mol. The van der Waals surface area contributed by atoms with Gasteiger partial charge in [0.1, 0.15) is 0 Å². The smallest absolute Gasteiger partial charge is 0.316 e. The molecule has 4 N–H and O–H groups in total. The molecule has 0 radical (unpaired) electrons. The molecule has 0 aliphatic carbocycles. The number of likely N-dealkylation sites (tertiary alicyclic amines) is 1. The molecular weight excluding hydrogens is 246 g/mol. The Hall–Kier alpha value is -2.08. The van der Waals surface area contributed by atoms with Crippen LogP contribution in [0, 0.1) is 0 Å². The number of anilines is 1. The molecule has 0 aromatic heterocycles. The molecular formula is C13H17N3O3. The van der Waals surface area contributed by atoms with Crippen LogP contribution in [0.25, 0.3) is 0 Å². The van der Waals surface area contributed by atoms with Crippen molar-refractivity contribution in [3.05, 3.63) is 29.8 Å². The highest BCUT2D eigenvalue weighted by Gasteiger charge is 2.22. The number of urea groups is 1. The predicted molar refractivity (Wildman–Crippen MR) is 70.8 cm³/mol. The Kier molecular flexibility index (Phi) is 4.01. The molecule has 1 aromatic carbocycles. The fraction of sp³-hybridized carbons (Fsp3) is 0.385. The SMILES string of the molecule is NC(=O)Nc1ccc(C(=O)N2CCC[C@H](O)C2)cc1. The summed E-state index contributed by atoms with van der Waals surface area (Å²) in [6, 6.07) is 5.87. The molecule has 3 amide bonds. The second-order valence-corrected chi connectivity index (χ2v) is 4.61. The number of β-amino-alcohol motifs (C(OH)–C–C–N with tert-alkyl or cyclic N) is 1. The van der Waals surface area contributed by atoms with Gasteiger partial charge < -0.3 is 21.1 Å². The predicted octanol–water partition coefficient (Wildman–Crippen LogP) is 0.774. The molecule has 0 unspecified atom stereocenters. The zero-order valence-corrected chi connectivity index (χ0v) is 10.5. The summed E-state index contributed by atoms with van der Waals surface area (Å²) in [4.78, 5) is 24.5. The summed E-state index contributed by atoms with van der Waals surface area (Å²) in [7, 11) is 0. The summed E-state index contributed by atoms with van der Waals surface area (Å²) in [6.45, 7) is 1.04. The van der Waals surface area contributed by atoms with Crippen LogP contribution in [0.2, 0.25) is 0 Å². The normalized spacial score (nSPS) is 19.0. The first-order chi connectivity index (χ1) is 9.06. The summed E-state index contributed by atoms with van der Waals surface area (Å²) < 4.78 is 0. The van der Waals surface area contributed by atoms with Crippen molar-refractivity contribution in [2.45, 2.75) is 18.9 Å². The second kappa shape index (κ2) is 5.71. The number of hydrogen-bond acceptors (Lipinski definition) is 3. The zero-order chi connectivity index (χ0) is 13.8. The number of amides is 3. The Morgan fingerprint density at radius 2 is 2.00 bits per heavy atom. The lowest BCUT2D eigenvalue weighted by molar-refractivity contribution is 0.0474. The third-order valence-corrected chi connectivity index (χ3v) is 3.08. The number of carbonyl (C=O) groups is 2. The lowest BCUT2D eigenvalue weighted by atomic mass is 10.1. The fourth-order valence-corrected chi connectivity index (χ4v) is 2.16. The summed E-state index contributed by atoms with van der Waals surface area (Å²) in [5.74, 6) is -0.107. The molecule has 0 saturated carbocycles. The van der Waals surface area contributed by atoms with E-state index in [1.54, 1.807) is 29.2 Å². The molecule has 1 aliphatic rings. The van der Waals surface area contributed by atoms with Crippen molar-refractivity contribution in [3.63, 3.8) is 0 Å². The number of aliphatic hydroxyl groups excluding tert-OH is 1. The number of nitrogens with two attached hydrogens (primary N) is 1. The number of piperidine rings is 1. The Labute approximate surface area is 111 Å². The van der Waals surface area contributed by atoms with Gasteiger partial charge in [0.25, 0.3) is 5.91 Å². The van der Waals surface area contributed by atoms with E-state index in [0.29, 0.717) is 24.3 Å². The Morgan fingerprint density at radius 3 is 2.58 bits per heavy atom. The van der Waals surface area contributed by atoms with E-state index in [4.69, 9.17) is 5.73 Å². The van der Waals surface area contributed by atoms with Gasteiger partial charge in [0.2, 0.25) is 0 Å². The van der Waals surface area contributed by atoms with E-state index in [2.05, 4.69) is 5.32 Å². The van der Waals surface area contributed by atoms with Crippen molar-refractivity contribution in [1.82, 2.24) is 4.90 Å². The van der Waals surface area contributed by atoms with E-state index in [0.717, 1.165) is 12.8 Å². The molecule has 0 bridgehead atoms. The standard InChI is InChI=1S/C13H17N3O3/c14-13(19)15-10-5-3-9(4-6-10)12(18)16-7-1-2-11(17)8-16/h3-6,11,17H,1-2,7-8H2,(H3,14,15,19)/t11-/m0/s1. The zero-order valence-electron chi connectivity index (χ0n) is 10.5. The van der Waals surface area contributed by atoms with Crippen molar-refractivity contribution >= 4 is 17.6 Å². The first kappa shape index (κ1) is 13.4. The van der Waals surface area contributed by atoms with Crippen LogP contribution in [0.4, 0.5) is 10.5 Å². The topological polar surface area (TPSA) is 95.7 Å². The van der Waals surface area contributed by atoms with Crippen LogP contribution < -0.4 is 11.1 Å². The highest BCUT2D eigenvalue weighted by Crippen LogP contribution is 2.15. The first-order valence-corrected chi connectivity index (χ1v) is 6.20. The number of primary amides is 1. The van der Waals surface area contributed by atoms with Crippen LogP contribution >= 0.6 is 0 Å². The molecule has 19 heavy (non-hydrogen) atoms. The maximum absolute atomic E-state index is 12.2. The summed E-state index contributed by atoms with van der Waals surface area (Å²) in [5.41, 5.74) is 6.08. The first-order valence-electron chi connectivity index (χ1n) is 6.20. The molecule has 6 heteroatoms. The number of nitrogens with one attached hydrogen (secondary N) is 1. The van der Waals surface area contributed by atoms with Crippen molar-refractivity contribution in [2.75, 3.05) is 18.4 Å². The molecule has 2 rings (SSSR count). The highest BCUT2D eigenvalue weighted by molar-refractivity contribution is 5.95. The van der Waals surface area contributed by atoms with Crippen molar-refractivity contribution in [3.8, 4) is 0 Å². The third kappa shape index (κ3) is 3.45. The van der Waals surface area contributed by atoms with Crippen LogP contribution in [0.1, 0.15) is 23.2 Å². The van der Waals surface area contributed by atoms with Crippen LogP contribution in [-0.2, 0) is 0 Å². The molecule has 1 saturated heterocycles. The van der Waals surface area contributed by atoms with Gasteiger partial charge in [0.15, 0.2) is 0 Å². The largest absolute Gasteiger partial charge is 0.391 e. The Morgan fingerprint density at radius 1 is 1.32 bits per heavy atom. The fourth-order valence-electron chi connectivity index (χ4n) is 2.16. The lowest BCUT2D eigenvalue weighted by Crippen LogP contribution is -2.42. The number of carbonyl (C=O) groups excluding carboxylic acids is 2. The number of hydrogen-bond donors (Lipinski definition) is 3. The van der Waals surface area contributed by atoms with E-state index < -0.39 is 12.1 Å². The van der Waals surface area contributed by atoms with Crippen LogP contribution in [-0.4, -0.2) is 41.1 Å². The molecule has 1 atom stereocenters. The van der Waals surface area contributed by atoms with Gasteiger partial charge >= 0.3 is 6.03 Å². The third-order valence-electron chi connectivity index (χ3n) is 3.08. The second-order valence-electron chi connectivity index (χ2n) is 4.61. The summed E-state index contributed by atoms with van der Waals surface area (Å²) >= 11 is 0. The molecule has 6 nitrogen and oxygen atoms in total. The summed E-state index contributed by atoms with van der Waals surface area (Å²) in [5, 5.41) is 12.0. The number of nitrogens with zero attached hydrogens (tertiary/aromatic N) is 1. The van der Waals surface area contributed by atoms with Gasteiger partial charge in [-0.1, -0.05) is 0 Å². The van der Waals surface area contributed by atoms with Crippen molar-refractivity contribution < 1.29 is 14.7 Å². The van der Waals surface area contributed by atoms with Crippen LogP contribution in [0.5, 0.6) is 0 Å². The van der Waals surface area contributed by atoms with Crippen molar-refractivity contribution in [2.24, 2.45) is 5.73 Å². The van der Waals surface area contributed by atoms with E-state index in [1.807, 2.05) is 0 Å². The number of aliphatic hydroxyl groups is 1. The summed E-state index contributed by atoms with van der Waals surface area (Å²) in [6.07, 6.45) is 1.12. The Balaban J connectivity index is 2.04. The van der Waals surface area contributed by atoms with Gasteiger partial charge in [-0.05, 0) is 37.1 Å². The molecule has 1 aromatic rings. The molecule has 1 heterocycles. The maximum atomic E-state index is 12.2. The van der Waals surface area contributed by atoms with E-state index in [1.165, 1.54) is 0 Å². The minimum atomic E-state index is -0.641. The minimum absolute atomic E-state index is 0.107. The van der Waals surface area contributed by atoms with Gasteiger partial charge in [-0.3, -0.25) is 4.79 Å². The maximum Gasteiger partial charge on any atom is 0.316 e. The number of benzene rings is 1. The quantitative estimate of drug-likeness (QED) is 0.735. The van der Waals surface area contributed by atoms with E-state index in [9.17, 15) is 14.7 Å². The van der Waals surface area contributed by atoms with Crippen molar-refractivity contribution in [1.29, 1.82) is 0 Å². The van der Waals surface area contributed by atoms with Gasteiger partial charge in [-0.15, -0.1) is 0 Å². The minimum Gasteiger partial charge on any atom is -0.391 e. The van der Waals surface area contributed by atoms with Gasteiger partial charge in [-0.2, -0.15) is 0 Å². The Bertz CT molecular complexity index is 473. The molecule has 0 spiro atoms. The highest BCUT2D eigenvalue weighted by atomic mass is 16.3. The van der Waals surface area contributed by atoms with Gasteiger partial charge in [0.05, 0.1) is 6.10 Å². The van der Waals surface area contributed by atoms with E-state index in [-0.39, 0.29) is 5.91 Å². The average Bonchev–Trinajstić information content (AvgIpc) is 2.38. The van der Waals surface area contributed by atoms with Gasteiger partial charge in [-0.25, -0.2) is 4.79 Å². The number of rotatable bonds is 2.